The van der Waals surface area contributed by atoms with Crippen LogP contribution in [0.2, 0.25) is 0 Å². The molecule has 0 amide bonds. The Morgan fingerprint density at radius 2 is 2.07 bits per heavy atom. The van der Waals surface area contributed by atoms with Crippen LogP contribution < -0.4 is 5.73 Å². The summed E-state index contributed by atoms with van der Waals surface area (Å²) in [6.07, 6.45) is -0.0319. The molecule has 1 aromatic rings. The van der Waals surface area contributed by atoms with Crippen LogP contribution in [0.3, 0.4) is 0 Å². The molecule has 15 heavy (non-hydrogen) atoms. The predicted molar refractivity (Wildman–Crippen MR) is 53.0 cm³/mol. The maximum absolute atomic E-state index is 14.3. The van der Waals surface area contributed by atoms with Crippen LogP contribution in [0.15, 0.2) is 30.3 Å². The molecule has 1 saturated carbocycles. The minimum Gasteiger partial charge on any atom is -0.481 e. The molecule has 0 spiro atoms. The van der Waals surface area contributed by atoms with Gasteiger partial charge in [0, 0.05) is 13.0 Å². The van der Waals surface area contributed by atoms with Crippen molar-refractivity contribution in [3.05, 3.63) is 35.9 Å². The minimum absolute atomic E-state index is 0.0319. The highest BCUT2D eigenvalue weighted by molar-refractivity contribution is 5.82. The number of carboxylic acid groups (broad SMARTS) is 1. The number of hydrogen-bond acceptors (Lipinski definition) is 2. The van der Waals surface area contributed by atoms with Gasteiger partial charge in [0.1, 0.15) is 5.41 Å². The summed E-state index contributed by atoms with van der Waals surface area (Å²) >= 11 is 0. The molecule has 0 saturated heterocycles. The van der Waals surface area contributed by atoms with Crippen LogP contribution in [0.25, 0.3) is 0 Å². The van der Waals surface area contributed by atoms with Gasteiger partial charge in [-0.15, -0.1) is 0 Å². The average molecular weight is 209 g/mol. The highest BCUT2D eigenvalue weighted by Gasteiger charge is 2.74. The number of benzene rings is 1. The van der Waals surface area contributed by atoms with Gasteiger partial charge in [-0.1, -0.05) is 30.3 Å². The monoisotopic (exact) mass is 209 g/mol. The third kappa shape index (κ3) is 1.18. The first kappa shape index (κ1) is 10.1. The standard InChI is InChI=1S/C11H12FNO2/c12-11(8-4-2-1-3-5-8)6-10(11,7-13)9(14)15/h1-5H,6-7,13H2,(H,14,15)/t10-,11+/m0/s1. The molecule has 0 aliphatic heterocycles. The first-order chi connectivity index (χ1) is 7.07. The molecule has 1 aromatic carbocycles. The van der Waals surface area contributed by atoms with E-state index in [1.54, 1.807) is 30.3 Å². The van der Waals surface area contributed by atoms with E-state index in [0.717, 1.165) is 0 Å². The maximum Gasteiger partial charge on any atom is 0.314 e. The molecule has 3 N–H and O–H groups in total. The Kier molecular flexibility index (Phi) is 2.04. The molecule has 2 rings (SSSR count). The van der Waals surface area contributed by atoms with E-state index in [0.29, 0.717) is 5.56 Å². The SMILES string of the molecule is NC[C@]1(C(=O)O)C[C@@]1(F)c1ccccc1. The summed E-state index contributed by atoms with van der Waals surface area (Å²) in [4.78, 5) is 11.0. The Morgan fingerprint density at radius 3 is 2.47 bits per heavy atom. The summed E-state index contributed by atoms with van der Waals surface area (Å²) < 4.78 is 14.3. The minimum atomic E-state index is -1.80. The van der Waals surface area contributed by atoms with Crippen LogP contribution in [0, 0.1) is 5.41 Å². The summed E-state index contributed by atoms with van der Waals surface area (Å²) in [5.74, 6) is -1.16. The molecular formula is C11H12FNO2. The normalized spacial score (nSPS) is 33.7. The van der Waals surface area contributed by atoms with Crippen LogP contribution >= 0.6 is 0 Å². The predicted octanol–water partition coefficient (Wildman–Crippen LogP) is 1.28. The van der Waals surface area contributed by atoms with Crippen LogP contribution in [-0.4, -0.2) is 17.6 Å². The topological polar surface area (TPSA) is 63.3 Å². The molecule has 1 fully saturated rings. The number of hydrogen-bond donors (Lipinski definition) is 2. The molecular weight excluding hydrogens is 197 g/mol. The molecule has 0 bridgehead atoms. The van der Waals surface area contributed by atoms with Crippen LogP contribution in [0.5, 0.6) is 0 Å². The van der Waals surface area contributed by atoms with E-state index in [1.165, 1.54) is 0 Å². The fourth-order valence-electron chi connectivity index (χ4n) is 2.02. The van der Waals surface area contributed by atoms with E-state index in [1.807, 2.05) is 0 Å². The van der Waals surface area contributed by atoms with Gasteiger partial charge in [0.25, 0.3) is 0 Å². The van der Waals surface area contributed by atoms with Gasteiger partial charge in [-0.25, -0.2) is 4.39 Å². The van der Waals surface area contributed by atoms with Gasteiger partial charge in [0.15, 0.2) is 5.67 Å². The molecule has 80 valence electrons. The van der Waals surface area contributed by atoms with E-state index >= 15 is 0 Å². The van der Waals surface area contributed by atoms with Gasteiger partial charge >= 0.3 is 5.97 Å². The number of carboxylic acids is 1. The molecule has 0 radical (unpaired) electrons. The summed E-state index contributed by atoms with van der Waals surface area (Å²) in [6, 6.07) is 8.34. The van der Waals surface area contributed by atoms with Crippen molar-refractivity contribution >= 4 is 5.97 Å². The third-order valence-electron chi connectivity index (χ3n) is 3.17. The lowest BCUT2D eigenvalue weighted by Crippen LogP contribution is -2.31. The van der Waals surface area contributed by atoms with E-state index < -0.39 is 17.1 Å². The quantitative estimate of drug-likeness (QED) is 0.788. The zero-order valence-corrected chi connectivity index (χ0v) is 8.11. The molecule has 0 unspecified atom stereocenters. The number of alkyl halides is 1. The lowest BCUT2D eigenvalue weighted by molar-refractivity contribution is -0.144. The van der Waals surface area contributed by atoms with Gasteiger partial charge < -0.3 is 10.8 Å². The zero-order valence-electron chi connectivity index (χ0n) is 8.11. The molecule has 3 nitrogen and oxygen atoms in total. The van der Waals surface area contributed by atoms with Crippen LogP contribution in [-0.2, 0) is 10.5 Å². The van der Waals surface area contributed by atoms with Crippen LogP contribution in [0.4, 0.5) is 4.39 Å². The van der Waals surface area contributed by atoms with Gasteiger partial charge in [0.05, 0.1) is 0 Å². The Labute approximate surface area is 86.7 Å². The number of halogens is 1. The van der Waals surface area contributed by atoms with Crippen molar-refractivity contribution in [1.29, 1.82) is 0 Å². The molecule has 1 aliphatic rings. The van der Waals surface area contributed by atoms with Gasteiger partial charge in [-0.05, 0) is 5.56 Å². The molecule has 0 aromatic heterocycles. The van der Waals surface area contributed by atoms with Crippen molar-refractivity contribution in [2.75, 3.05) is 6.54 Å². The van der Waals surface area contributed by atoms with Crippen molar-refractivity contribution in [2.45, 2.75) is 12.1 Å². The number of nitrogens with two attached hydrogens (primary N) is 1. The summed E-state index contributed by atoms with van der Waals surface area (Å²) in [7, 11) is 0. The Balaban J connectivity index is 2.37. The van der Waals surface area contributed by atoms with Crippen molar-refractivity contribution in [1.82, 2.24) is 0 Å². The highest BCUT2D eigenvalue weighted by Crippen LogP contribution is 2.65. The summed E-state index contributed by atoms with van der Waals surface area (Å²) in [5.41, 5.74) is 2.54. The van der Waals surface area contributed by atoms with E-state index in [4.69, 9.17) is 10.8 Å². The fraction of sp³-hybridized carbons (Fsp3) is 0.364. The highest BCUT2D eigenvalue weighted by atomic mass is 19.1. The smallest absolute Gasteiger partial charge is 0.314 e. The lowest BCUT2D eigenvalue weighted by atomic mass is 9.97. The first-order valence-electron chi connectivity index (χ1n) is 4.75. The fourth-order valence-corrected chi connectivity index (χ4v) is 2.02. The van der Waals surface area contributed by atoms with E-state index in [9.17, 15) is 9.18 Å². The van der Waals surface area contributed by atoms with Gasteiger partial charge in [0.2, 0.25) is 0 Å². The molecule has 1 aliphatic carbocycles. The van der Waals surface area contributed by atoms with Gasteiger partial charge in [-0.3, -0.25) is 4.79 Å². The third-order valence-corrected chi connectivity index (χ3v) is 3.17. The first-order valence-corrected chi connectivity index (χ1v) is 4.75. The number of rotatable bonds is 3. The zero-order chi connectivity index (χ0) is 11.1. The Morgan fingerprint density at radius 1 is 1.47 bits per heavy atom. The lowest BCUT2D eigenvalue weighted by Gasteiger charge is -2.14. The second-order valence-corrected chi connectivity index (χ2v) is 3.94. The molecule has 0 heterocycles. The van der Waals surface area contributed by atoms with E-state index in [-0.39, 0.29) is 13.0 Å². The summed E-state index contributed by atoms with van der Waals surface area (Å²) in [6.45, 7) is -0.173. The van der Waals surface area contributed by atoms with Gasteiger partial charge in [-0.2, -0.15) is 0 Å². The number of aliphatic carboxylic acids is 1. The van der Waals surface area contributed by atoms with E-state index in [2.05, 4.69) is 0 Å². The summed E-state index contributed by atoms with van der Waals surface area (Å²) in [5, 5.41) is 8.98. The Hall–Kier alpha value is -1.42. The maximum atomic E-state index is 14.3. The van der Waals surface area contributed by atoms with Crippen LogP contribution in [0.1, 0.15) is 12.0 Å². The molecule has 4 heteroatoms. The Bertz CT molecular complexity index is 395. The average Bonchev–Trinajstić information content (AvgIpc) is 2.89. The van der Waals surface area contributed by atoms with Crippen molar-refractivity contribution in [3.8, 4) is 0 Å². The van der Waals surface area contributed by atoms with Crippen molar-refractivity contribution in [3.63, 3.8) is 0 Å². The largest absolute Gasteiger partial charge is 0.481 e. The molecule has 2 atom stereocenters. The second kappa shape index (κ2) is 3.03. The van der Waals surface area contributed by atoms with Crippen molar-refractivity contribution < 1.29 is 14.3 Å². The number of carbonyl (C=O) groups is 1. The second-order valence-electron chi connectivity index (χ2n) is 3.94. The van der Waals surface area contributed by atoms with Crippen molar-refractivity contribution in [2.24, 2.45) is 11.1 Å².